The zero-order chi connectivity index (χ0) is 17.7. The normalized spacial score (nSPS) is 42.2. The first-order valence-corrected chi connectivity index (χ1v) is 11.0. The Morgan fingerprint density at radius 1 is 0.923 bits per heavy atom. The van der Waals surface area contributed by atoms with E-state index in [2.05, 4.69) is 10.6 Å². The summed E-state index contributed by atoms with van der Waals surface area (Å²) in [5, 5.41) is 6.59. The molecule has 4 aliphatic carbocycles. The van der Waals surface area contributed by atoms with Crippen LogP contribution in [0, 0.1) is 23.2 Å². The van der Waals surface area contributed by atoms with Gasteiger partial charge >= 0.3 is 0 Å². The van der Waals surface area contributed by atoms with Crippen LogP contribution in [0.4, 0.5) is 0 Å². The summed E-state index contributed by atoms with van der Waals surface area (Å²) in [6, 6.07) is 0.0613. The van der Waals surface area contributed by atoms with Crippen LogP contribution in [0.5, 0.6) is 0 Å². The van der Waals surface area contributed by atoms with E-state index in [4.69, 9.17) is 0 Å². The third-order valence-corrected chi connectivity index (χ3v) is 7.99. The highest BCUT2D eigenvalue weighted by molar-refractivity contribution is 5.91. The highest BCUT2D eigenvalue weighted by Crippen LogP contribution is 2.60. The fourth-order valence-electron chi connectivity index (χ4n) is 7.22. The summed E-state index contributed by atoms with van der Waals surface area (Å²) >= 11 is 0. The number of amides is 2. The lowest BCUT2D eigenvalue weighted by molar-refractivity contribution is -0.160. The second-order valence-corrected chi connectivity index (χ2v) is 9.89. The van der Waals surface area contributed by atoms with Gasteiger partial charge in [-0.25, -0.2) is 0 Å². The van der Waals surface area contributed by atoms with Crippen molar-refractivity contribution in [2.75, 3.05) is 19.6 Å². The maximum Gasteiger partial charge on any atom is 0.243 e. The molecule has 2 aliphatic heterocycles. The Morgan fingerprint density at radius 3 is 2.15 bits per heavy atom. The summed E-state index contributed by atoms with van der Waals surface area (Å²) in [5.41, 5.74) is -0.119. The van der Waals surface area contributed by atoms with E-state index in [1.54, 1.807) is 0 Å². The molecule has 5 heteroatoms. The van der Waals surface area contributed by atoms with Crippen LogP contribution >= 0.6 is 0 Å². The molecule has 5 nitrogen and oxygen atoms in total. The molecule has 1 atom stereocenters. The molecule has 2 heterocycles. The van der Waals surface area contributed by atoms with Gasteiger partial charge in [0, 0.05) is 12.6 Å². The predicted octanol–water partition coefficient (Wildman–Crippen LogP) is 2.06. The highest BCUT2D eigenvalue weighted by Gasteiger charge is 2.56. The van der Waals surface area contributed by atoms with Crippen LogP contribution in [0.15, 0.2) is 0 Å². The number of likely N-dealkylation sites (tertiary alicyclic amines) is 1. The Morgan fingerprint density at radius 2 is 1.54 bits per heavy atom. The SMILES string of the molecule is O=C(NC1CCNCC1)C1CCCN1C(=O)C12CC3CC(CC(C3)C1)C2. The molecule has 6 aliphatic rings. The van der Waals surface area contributed by atoms with E-state index in [1.807, 2.05) is 4.90 Å². The number of hydrogen-bond acceptors (Lipinski definition) is 3. The van der Waals surface area contributed by atoms with Gasteiger partial charge in [0.15, 0.2) is 0 Å². The molecule has 6 rings (SSSR count). The fourth-order valence-corrected chi connectivity index (χ4v) is 7.22. The third kappa shape index (κ3) is 2.87. The predicted molar refractivity (Wildman–Crippen MR) is 99.4 cm³/mol. The van der Waals surface area contributed by atoms with Gasteiger partial charge in [-0.05, 0) is 95.1 Å². The molecule has 0 radical (unpaired) electrons. The lowest BCUT2D eigenvalue weighted by Crippen LogP contribution is -2.58. The first-order valence-electron chi connectivity index (χ1n) is 11.0. The lowest BCUT2D eigenvalue weighted by atomic mass is 9.49. The van der Waals surface area contributed by atoms with Crippen LogP contribution in [-0.2, 0) is 9.59 Å². The molecule has 26 heavy (non-hydrogen) atoms. The van der Waals surface area contributed by atoms with E-state index in [1.165, 1.54) is 19.3 Å². The van der Waals surface area contributed by atoms with Crippen LogP contribution in [0.3, 0.4) is 0 Å². The average molecular weight is 360 g/mol. The zero-order valence-corrected chi connectivity index (χ0v) is 15.8. The second kappa shape index (κ2) is 6.50. The van der Waals surface area contributed by atoms with Gasteiger partial charge in [0.05, 0.1) is 5.41 Å². The summed E-state index contributed by atoms with van der Waals surface area (Å²) in [5.74, 6) is 2.76. The monoisotopic (exact) mass is 359 g/mol. The third-order valence-electron chi connectivity index (χ3n) is 7.99. The van der Waals surface area contributed by atoms with E-state index in [0.29, 0.717) is 5.91 Å². The molecule has 2 amide bonds. The molecule has 4 saturated carbocycles. The number of nitrogens with zero attached hydrogens (tertiary/aromatic N) is 1. The van der Waals surface area contributed by atoms with Gasteiger partial charge in [-0.2, -0.15) is 0 Å². The maximum atomic E-state index is 13.6. The topological polar surface area (TPSA) is 61.4 Å². The zero-order valence-electron chi connectivity index (χ0n) is 15.8. The minimum atomic E-state index is -0.217. The summed E-state index contributed by atoms with van der Waals surface area (Å²) in [7, 11) is 0. The van der Waals surface area contributed by atoms with Crippen molar-refractivity contribution in [2.24, 2.45) is 23.2 Å². The Hall–Kier alpha value is -1.10. The van der Waals surface area contributed by atoms with Gasteiger partial charge < -0.3 is 15.5 Å². The summed E-state index contributed by atoms with van der Waals surface area (Å²) in [4.78, 5) is 28.6. The van der Waals surface area contributed by atoms with E-state index >= 15 is 0 Å². The van der Waals surface area contributed by atoms with Crippen molar-refractivity contribution in [1.82, 2.24) is 15.5 Å². The molecule has 144 valence electrons. The largest absolute Gasteiger partial charge is 0.351 e. The summed E-state index contributed by atoms with van der Waals surface area (Å²) in [6.07, 6.45) is 11.2. The Balaban J connectivity index is 1.29. The van der Waals surface area contributed by atoms with Crippen LogP contribution in [0.25, 0.3) is 0 Å². The van der Waals surface area contributed by atoms with Gasteiger partial charge in [-0.3, -0.25) is 9.59 Å². The molecule has 0 spiro atoms. The van der Waals surface area contributed by atoms with Crippen LogP contribution in [-0.4, -0.2) is 48.4 Å². The lowest BCUT2D eigenvalue weighted by Gasteiger charge is -2.56. The molecule has 1 unspecified atom stereocenters. The van der Waals surface area contributed by atoms with Crippen molar-refractivity contribution in [3.8, 4) is 0 Å². The van der Waals surface area contributed by atoms with E-state index in [-0.39, 0.29) is 23.4 Å². The molecule has 2 N–H and O–H groups in total. The van der Waals surface area contributed by atoms with Gasteiger partial charge in [-0.15, -0.1) is 0 Å². The molecular weight excluding hydrogens is 326 g/mol. The molecule has 4 bridgehead atoms. The van der Waals surface area contributed by atoms with Crippen molar-refractivity contribution in [3.63, 3.8) is 0 Å². The van der Waals surface area contributed by atoms with Crippen molar-refractivity contribution in [1.29, 1.82) is 0 Å². The Labute approximate surface area is 156 Å². The number of carbonyl (C=O) groups is 2. The highest BCUT2D eigenvalue weighted by atomic mass is 16.2. The maximum absolute atomic E-state index is 13.6. The number of piperidine rings is 1. The van der Waals surface area contributed by atoms with Crippen LogP contribution < -0.4 is 10.6 Å². The number of rotatable bonds is 3. The minimum absolute atomic E-state index is 0.104. The molecule has 0 aromatic rings. The molecule has 2 saturated heterocycles. The Kier molecular flexibility index (Phi) is 4.26. The van der Waals surface area contributed by atoms with E-state index < -0.39 is 0 Å². The fraction of sp³-hybridized carbons (Fsp3) is 0.905. The van der Waals surface area contributed by atoms with Crippen molar-refractivity contribution < 1.29 is 9.59 Å². The first-order chi connectivity index (χ1) is 12.6. The molecular formula is C21H33N3O2. The van der Waals surface area contributed by atoms with Crippen molar-refractivity contribution >= 4 is 11.8 Å². The van der Waals surface area contributed by atoms with Gasteiger partial charge in [0.1, 0.15) is 6.04 Å². The number of carbonyl (C=O) groups excluding carboxylic acids is 2. The molecule has 0 aromatic heterocycles. The van der Waals surface area contributed by atoms with Crippen LogP contribution in [0.2, 0.25) is 0 Å². The van der Waals surface area contributed by atoms with Gasteiger partial charge in [0.25, 0.3) is 0 Å². The smallest absolute Gasteiger partial charge is 0.243 e. The number of hydrogen-bond donors (Lipinski definition) is 2. The van der Waals surface area contributed by atoms with Crippen molar-refractivity contribution in [3.05, 3.63) is 0 Å². The van der Waals surface area contributed by atoms with E-state index in [9.17, 15) is 9.59 Å². The first kappa shape index (κ1) is 17.0. The number of nitrogens with one attached hydrogen (secondary N) is 2. The summed E-state index contributed by atoms with van der Waals surface area (Å²) < 4.78 is 0. The minimum Gasteiger partial charge on any atom is -0.351 e. The van der Waals surface area contributed by atoms with Crippen LogP contribution in [0.1, 0.15) is 64.2 Å². The van der Waals surface area contributed by atoms with Gasteiger partial charge in [-0.1, -0.05) is 0 Å². The average Bonchev–Trinajstić information content (AvgIpc) is 3.10. The quantitative estimate of drug-likeness (QED) is 0.811. The van der Waals surface area contributed by atoms with E-state index in [0.717, 1.165) is 82.3 Å². The van der Waals surface area contributed by atoms with Crippen molar-refractivity contribution in [2.45, 2.75) is 76.3 Å². The van der Waals surface area contributed by atoms with Gasteiger partial charge in [0.2, 0.25) is 11.8 Å². The molecule has 6 fully saturated rings. The Bertz CT molecular complexity index is 549. The standard InChI is InChI=1S/C21H33N3O2/c25-19(23-17-3-5-22-6-4-17)18-2-1-7-24(18)20(26)21-11-14-8-15(12-21)10-16(9-14)13-21/h14-18,22H,1-13H2,(H,23,25). The summed E-state index contributed by atoms with van der Waals surface area (Å²) in [6.45, 7) is 2.74. The molecule has 0 aromatic carbocycles. The second-order valence-electron chi connectivity index (χ2n) is 9.89.